The summed E-state index contributed by atoms with van der Waals surface area (Å²) in [4.78, 5) is 11.4. The smallest absolute Gasteiger partial charge is 0.335 e. The van der Waals surface area contributed by atoms with Gasteiger partial charge < -0.3 is 9.84 Å². The standard InChI is InChI=1S/C15H22O4S/c1-9-6-12(19-13(9)17)20(18)8-15-5-4-10(7-11(15)16)14(15,2)3/h6,10-12,16H,4-5,7-8H2,1-3H3/t10-,11-,12-,15-,20?/m1/s1. The molecule has 0 aromatic carbocycles. The largest absolute Gasteiger partial charge is 0.441 e. The second-order valence-electron chi connectivity index (χ2n) is 7.01. The molecule has 2 bridgehead atoms. The Hall–Kier alpha value is -0.680. The fraction of sp³-hybridized carbons (Fsp3) is 0.800. The average molecular weight is 298 g/mol. The van der Waals surface area contributed by atoms with Crippen LogP contribution in [0.3, 0.4) is 0 Å². The summed E-state index contributed by atoms with van der Waals surface area (Å²) >= 11 is 0. The van der Waals surface area contributed by atoms with E-state index in [0.29, 0.717) is 17.2 Å². The molecule has 0 aromatic rings. The zero-order valence-electron chi connectivity index (χ0n) is 12.2. The van der Waals surface area contributed by atoms with Crippen molar-refractivity contribution < 1.29 is 18.8 Å². The minimum absolute atomic E-state index is 0.00342. The van der Waals surface area contributed by atoms with Crippen LogP contribution in [0.5, 0.6) is 0 Å². The number of hydrogen-bond acceptors (Lipinski definition) is 4. The van der Waals surface area contributed by atoms with Crippen LogP contribution in [0.2, 0.25) is 0 Å². The van der Waals surface area contributed by atoms with Gasteiger partial charge in [0.05, 0.1) is 16.9 Å². The SMILES string of the molecule is CC1=C[C@@H](S(=O)C[C@]23CC[C@H](C[C@H]2O)C3(C)C)OC1=O. The third-order valence-corrected chi connectivity index (χ3v) is 7.53. The van der Waals surface area contributed by atoms with E-state index in [1.54, 1.807) is 13.0 Å². The van der Waals surface area contributed by atoms with E-state index in [-0.39, 0.29) is 22.9 Å². The molecule has 1 N–H and O–H groups in total. The monoisotopic (exact) mass is 298 g/mol. The first-order valence-electron chi connectivity index (χ1n) is 7.22. The van der Waals surface area contributed by atoms with Crippen molar-refractivity contribution in [3.05, 3.63) is 11.6 Å². The fourth-order valence-electron chi connectivity index (χ4n) is 4.35. The van der Waals surface area contributed by atoms with Crippen molar-refractivity contribution in [3.8, 4) is 0 Å². The van der Waals surface area contributed by atoms with Gasteiger partial charge in [0, 0.05) is 16.7 Å². The van der Waals surface area contributed by atoms with Gasteiger partial charge in [-0.2, -0.15) is 0 Å². The Kier molecular flexibility index (Phi) is 3.14. The molecule has 20 heavy (non-hydrogen) atoms. The molecule has 3 aliphatic rings. The van der Waals surface area contributed by atoms with Crippen molar-refractivity contribution in [2.45, 2.75) is 51.6 Å². The van der Waals surface area contributed by atoms with E-state index in [1.165, 1.54) is 0 Å². The average Bonchev–Trinajstić information content (AvgIpc) is 2.88. The lowest BCUT2D eigenvalue weighted by Crippen LogP contribution is -2.44. The summed E-state index contributed by atoms with van der Waals surface area (Å²) in [5, 5.41) is 10.4. The van der Waals surface area contributed by atoms with Crippen molar-refractivity contribution in [2.24, 2.45) is 16.7 Å². The van der Waals surface area contributed by atoms with Crippen molar-refractivity contribution in [1.29, 1.82) is 0 Å². The molecule has 1 heterocycles. The number of rotatable bonds is 3. The molecule has 112 valence electrons. The van der Waals surface area contributed by atoms with E-state index in [1.807, 2.05) is 0 Å². The molecule has 2 saturated carbocycles. The van der Waals surface area contributed by atoms with Gasteiger partial charge in [0.1, 0.15) is 0 Å². The van der Waals surface area contributed by atoms with E-state index in [0.717, 1.165) is 19.3 Å². The Balaban J connectivity index is 1.81. The summed E-state index contributed by atoms with van der Waals surface area (Å²) < 4.78 is 17.7. The molecule has 0 amide bonds. The Morgan fingerprint density at radius 1 is 1.50 bits per heavy atom. The van der Waals surface area contributed by atoms with Crippen LogP contribution in [0.15, 0.2) is 11.6 Å². The number of esters is 1. The summed E-state index contributed by atoms with van der Waals surface area (Å²) in [5.74, 6) is 0.550. The highest BCUT2D eigenvalue weighted by atomic mass is 32.2. The Bertz CT molecular complexity index is 510. The first kappa shape index (κ1) is 14.3. The van der Waals surface area contributed by atoms with Gasteiger partial charge in [-0.1, -0.05) is 13.8 Å². The third-order valence-electron chi connectivity index (χ3n) is 5.98. The molecular weight excluding hydrogens is 276 g/mol. The number of aliphatic hydroxyl groups is 1. The number of ether oxygens (including phenoxy) is 1. The Labute approximate surface area is 122 Å². The summed E-state index contributed by atoms with van der Waals surface area (Å²) in [7, 11) is -1.29. The zero-order valence-corrected chi connectivity index (χ0v) is 13.0. The maximum Gasteiger partial charge on any atom is 0.335 e. The second-order valence-corrected chi connectivity index (χ2v) is 8.53. The van der Waals surface area contributed by atoms with Crippen LogP contribution < -0.4 is 0 Å². The topological polar surface area (TPSA) is 63.6 Å². The van der Waals surface area contributed by atoms with Crippen LogP contribution in [0.1, 0.15) is 40.0 Å². The van der Waals surface area contributed by atoms with Gasteiger partial charge in [0.25, 0.3) is 0 Å². The third kappa shape index (κ3) is 1.75. The van der Waals surface area contributed by atoms with E-state index in [4.69, 9.17) is 4.74 Å². The van der Waals surface area contributed by atoms with Crippen LogP contribution in [0.25, 0.3) is 0 Å². The Morgan fingerprint density at radius 2 is 2.20 bits per heavy atom. The highest BCUT2D eigenvalue weighted by Gasteiger charge is 2.64. The number of cyclic esters (lactones) is 1. The minimum Gasteiger partial charge on any atom is -0.441 e. The lowest BCUT2D eigenvalue weighted by atomic mass is 9.70. The van der Waals surface area contributed by atoms with Crippen LogP contribution in [-0.2, 0) is 20.3 Å². The summed E-state index contributed by atoms with van der Waals surface area (Å²) in [5.41, 5.74) is -0.404. The van der Waals surface area contributed by atoms with Gasteiger partial charge in [-0.25, -0.2) is 4.79 Å². The normalized spacial score (nSPS) is 43.5. The molecule has 2 fully saturated rings. The maximum absolute atomic E-state index is 12.6. The van der Waals surface area contributed by atoms with Crippen molar-refractivity contribution in [1.82, 2.24) is 0 Å². The quantitative estimate of drug-likeness (QED) is 0.806. The lowest BCUT2D eigenvalue weighted by Gasteiger charge is -2.40. The highest BCUT2D eigenvalue weighted by Crippen LogP contribution is 2.66. The van der Waals surface area contributed by atoms with Crippen LogP contribution in [0, 0.1) is 16.7 Å². The number of carbonyl (C=O) groups is 1. The maximum atomic E-state index is 12.6. The summed E-state index contributed by atoms with van der Waals surface area (Å²) in [6, 6.07) is 0. The summed E-state index contributed by atoms with van der Waals surface area (Å²) in [6.07, 6.45) is 4.09. The summed E-state index contributed by atoms with van der Waals surface area (Å²) in [6.45, 7) is 6.04. The highest BCUT2D eigenvalue weighted by molar-refractivity contribution is 7.85. The minimum atomic E-state index is -1.29. The first-order chi connectivity index (χ1) is 9.28. The van der Waals surface area contributed by atoms with Crippen molar-refractivity contribution >= 4 is 16.8 Å². The van der Waals surface area contributed by atoms with Crippen molar-refractivity contribution in [3.63, 3.8) is 0 Å². The molecule has 0 radical (unpaired) electrons. The molecule has 1 unspecified atom stereocenters. The molecule has 0 spiro atoms. The van der Waals surface area contributed by atoms with E-state index in [2.05, 4.69) is 13.8 Å². The van der Waals surface area contributed by atoms with Gasteiger partial charge in [-0.15, -0.1) is 0 Å². The van der Waals surface area contributed by atoms with E-state index < -0.39 is 16.2 Å². The molecule has 2 aliphatic carbocycles. The molecule has 5 atom stereocenters. The number of carbonyl (C=O) groups excluding carboxylic acids is 1. The van der Waals surface area contributed by atoms with Crippen LogP contribution >= 0.6 is 0 Å². The molecular formula is C15H22O4S. The van der Waals surface area contributed by atoms with E-state index in [9.17, 15) is 14.1 Å². The zero-order chi connectivity index (χ0) is 14.7. The lowest BCUT2D eigenvalue weighted by molar-refractivity contribution is -0.137. The van der Waals surface area contributed by atoms with Gasteiger partial charge in [-0.05, 0) is 43.6 Å². The molecule has 3 rings (SSSR count). The number of aliphatic hydroxyl groups excluding tert-OH is 1. The van der Waals surface area contributed by atoms with Gasteiger partial charge in [0.15, 0.2) is 5.44 Å². The van der Waals surface area contributed by atoms with Gasteiger partial charge in [0.2, 0.25) is 0 Å². The molecule has 0 saturated heterocycles. The molecule has 5 heteroatoms. The first-order valence-corrected chi connectivity index (χ1v) is 8.61. The molecule has 0 aromatic heterocycles. The fourth-order valence-corrected chi connectivity index (χ4v) is 6.28. The van der Waals surface area contributed by atoms with Gasteiger partial charge >= 0.3 is 5.97 Å². The predicted octanol–water partition coefficient (Wildman–Crippen LogP) is 1.75. The van der Waals surface area contributed by atoms with Crippen LogP contribution in [0.4, 0.5) is 0 Å². The Morgan fingerprint density at radius 3 is 2.65 bits per heavy atom. The number of fused-ring (bicyclic) bond motifs is 2. The molecule has 1 aliphatic heterocycles. The van der Waals surface area contributed by atoms with Crippen LogP contribution in [-0.4, -0.2) is 32.6 Å². The van der Waals surface area contributed by atoms with Crippen molar-refractivity contribution in [2.75, 3.05) is 5.75 Å². The molecule has 4 nitrogen and oxygen atoms in total. The van der Waals surface area contributed by atoms with Gasteiger partial charge in [-0.3, -0.25) is 4.21 Å². The second kappa shape index (κ2) is 4.41. The number of hydrogen-bond donors (Lipinski definition) is 1. The van der Waals surface area contributed by atoms with E-state index >= 15 is 0 Å². The predicted molar refractivity (Wildman–Crippen MR) is 76.2 cm³/mol.